The summed E-state index contributed by atoms with van der Waals surface area (Å²) in [5.41, 5.74) is 0.852. The van der Waals surface area contributed by atoms with Crippen LogP contribution in [-0.2, 0) is 38.1 Å². The van der Waals surface area contributed by atoms with Crippen molar-refractivity contribution in [1.82, 2.24) is 0 Å². The van der Waals surface area contributed by atoms with Gasteiger partial charge in [0.25, 0.3) is 0 Å². The molecular formula is C22H28N6O12. The van der Waals surface area contributed by atoms with Crippen LogP contribution in [0.2, 0.25) is 0 Å². The molecule has 0 aliphatic heterocycles. The van der Waals surface area contributed by atoms with Gasteiger partial charge in [-0.05, 0) is 27.7 Å². The van der Waals surface area contributed by atoms with Crippen molar-refractivity contribution in [1.29, 1.82) is 0 Å². The van der Waals surface area contributed by atoms with Crippen LogP contribution in [0.25, 0.3) is 0 Å². The molecule has 218 valence electrons. The molecule has 0 saturated heterocycles. The van der Waals surface area contributed by atoms with Gasteiger partial charge in [-0.1, -0.05) is 0 Å². The van der Waals surface area contributed by atoms with Gasteiger partial charge >= 0.3 is 35.3 Å². The molecule has 0 bridgehead atoms. The lowest BCUT2D eigenvalue weighted by atomic mass is 10.2. The molecule has 0 aliphatic rings. The predicted octanol–water partition coefficient (Wildman–Crippen LogP) is 2.07. The number of esters is 4. The first kappa shape index (κ1) is 32.9. The third kappa shape index (κ3) is 10.3. The lowest BCUT2D eigenvalue weighted by molar-refractivity contribution is -0.393. The minimum Gasteiger partial charge on any atom is -0.466 e. The lowest BCUT2D eigenvalue weighted by Crippen LogP contribution is -2.23. The second kappa shape index (κ2) is 16.6. The van der Waals surface area contributed by atoms with Crippen molar-refractivity contribution >= 4 is 58.1 Å². The molecule has 0 aromatic heterocycles. The Balaban J connectivity index is 3.58. The molecule has 0 saturated carbocycles. The Morgan fingerprint density at radius 1 is 0.675 bits per heavy atom. The molecule has 1 aromatic rings. The molecule has 0 amide bonds. The van der Waals surface area contributed by atoms with Gasteiger partial charge in [0.1, 0.15) is 11.4 Å². The maximum atomic E-state index is 12.2. The molecule has 0 heterocycles. The first-order valence-electron chi connectivity index (χ1n) is 11.8. The quantitative estimate of drug-likeness (QED) is 0.0954. The fourth-order valence-corrected chi connectivity index (χ4v) is 2.75. The number of nitrogens with one attached hydrogen (secondary N) is 2. The summed E-state index contributed by atoms with van der Waals surface area (Å²) >= 11 is 0. The van der Waals surface area contributed by atoms with Gasteiger partial charge in [-0.15, -0.1) is 0 Å². The van der Waals surface area contributed by atoms with Crippen LogP contribution in [0.15, 0.2) is 22.3 Å². The fraction of sp³-hybridized carbons (Fsp3) is 0.455. The average molecular weight is 568 g/mol. The number of hydrazone groups is 2. The molecule has 0 radical (unpaired) electrons. The number of nitro groups is 2. The Hall–Kier alpha value is -5.16. The molecule has 0 fully saturated rings. The largest absolute Gasteiger partial charge is 0.466 e. The molecule has 18 heteroatoms. The fourth-order valence-electron chi connectivity index (χ4n) is 2.75. The minimum absolute atomic E-state index is 0.00962. The van der Waals surface area contributed by atoms with E-state index in [1.54, 1.807) is 0 Å². The summed E-state index contributed by atoms with van der Waals surface area (Å²) in [7, 11) is 0. The Labute approximate surface area is 227 Å². The molecule has 18 nitrogen and oxygen atoms in total. The summed E-state index contributed by atoms with van der Waals surface area (Å²) in [5.74, 6) is -3.71. The van der Waals surface area contributed by atoms with E-state index in [4.69, 9.17) is 18.9 Å². The highest BCUT2D eigenvalue weighted by molar-refractivity contribution is 6.40. The lowest BCUT2D eigenvalue weighted by Gasteiger charge is -2.10. The Morgan fingerprint density at radius 3 is 1.32 bits per heavy atom. The average Bonchev–Trinajstić information content (AvgIpc) is 2.88. The number of anilines is 2. The third-order valence-corrected chi connectivity index (χ3v) is 4.39. The predicted molar refractivity (Wildman–Crippen MR) is 138 cm³/mol. The second-order valence-electron chi connectivity index (χ2n) is 7.15. The number of hydrogen-bond acceptors (Lipinski definition) is 16. The van der Waals surface area contributed by atoms with Crippen molar-refractivity contribution in [3.8, 4) is 0 Å². The van der Waals surface area contributed by atoms with Crippen molar-refractivity contribution in [3.63, 3.8) is 0 Å². The number of hydrogen-bond donors (Lipinski definition) is 2. The summed E-state index contributed by atoms with van der Waals surface area (Å²) in [6.45, 7) is 5.95. The molecule has 40 heavy (non-hydrogen) atoms. The molecule has 0 atom stereocenters. The normalized spacial score (nSPS) is 11.2. The van der Waals surface area contributed by atoms with Gasteiger partial charge < -0.3 is 18.9 Å². The molecule has 1 aromatic carbocycles. The summed E-state index contributed by atoms with van der Waals surface area (Å²) in [5, 5.41) is 30.7. The van der Waals surface area contributed by atoms with Crippen molar-refractivity contribution in [2.45, 2.75) is 40.5 Å². The van der Waals surface area contributed by atoms with Crippen LogP contribution in [-0.4, -0.2) is 71.6 Å². The smallest absolute Gasteiger partial charge is 0.355 e. The van der Waals surface area contributed by atoms with E-state index in [9.17, 15) is 39.4 Å². The standard InChI is InChI=1S/C22H28N6O12/c1-5-37-19(29)10-15(21(31)39-7-3)25-23-13-9-14(18(28(35)36)12-17(13)27(33)34)24-26-16(22(32)40-8-4)11-20(30)38-6-2/h9,12,23-24H,5-8,10-11H2,1-4H3/b25-15-,26-16+. The van der Waals surface area contributed by atoms with Crippen molar-refractivity contribution in [2.24, 2.45) is 10.2 Å². The number of rotatable bonds is 16. The van der Waals surface area contributed by atoms with Crippen LogP contribution in [0.5, 0.6) is 0 Å². The summed E-state index contributed by atoms with van der Waals surface area (Å²) in [6, 6.07) is 1.42. The van der Waals surface area contributed by atoms with Crippen LogP contribution in [0, 0.1) is 20.2 Å². The van der Waals surface area contributed by atoms with E-state index in [1.165, 1.54) is 27.7 Å². The van der Waals surface area contributed by atoms with Crippen molar-refractivity contribution < 1.29 is 48.0 Å². The second-order valence-corrected chi connectivity index (χ2v) is 7.15. The topological polar surface area (TPSA) is 240 Å². The Morgan fingerprint density at radius 2 is 1.02 bits per heavy atom. The molecule has 0 aliphatic carbocycles. The Kier molecular flexibility index (Phi) is 13.7. The molecular weight excluding hydrogens is 540 g/mol. The van der Waals surface area contributed by atoms with Crippen LogP contribution in [0.4, 0.5) is 22.7 Å². The maximum absolute atomic E-state index is 12.2. The number of nitrogens with zero attached hydrogens (tertiary/aromatic N) is 4. The number of ether oxygens (including phenoxy) is 4. The SMILES string of the molecule is CCOC(=O)C/C(=N/Nc1cc(N/N=C(\CC(=O)OCC)C(=O)OCC)c([N+](=O)[O-])cc1[N+](=O)[O-])C(=O)OCC. The number of carbonyl (C=O) groups excluding carboxylic acids is 4. The highest BCUT2D eigenvalue weighted by Gasteiger charge is 2.27. The first-order chi connectivity index (χ1) is 19.0. The number of carbonyl (C=O) groups is 4. The summed E-state index contributed by atoms with van der Waals surface area (Å²) < 4.78 is 19.2. The van der Waals surface area contributed by atoms with Gasteiger partial charge in [0.2, 0.25) is 0 Å². The zero-order chi connectivity index (χ0) is 30.2. The van der Waals surface area contributed by atoms with Gasteiger partial charge in [0.05, 0.1) is 55.2 Å². The van der Waals surface area contributed by atoms with E-state index in [1.807, 2.05) is 0 Å². The zero-order valence-corrected chi connectivity index (χ0v) is 22.1. The summed E-state index contributed by atoms with van der Waals surface area (Å²) in [6.07, 6.45) is -1.29. The molecule has 0 spiro atoms. The Bertz CT molecular complexity index is 1110. The van der Waals surface area contributed by atoms with Gasteiger partial charge in [0.15, 0.2) is 11.4 Å². The van der Waals surface area contributed by atoms with E-state index in [2.05, 4.69) is 21.1 Å². The van der Waals surface area contributed by atoms with Gasteiger partial charge in [-0.2, -0.15) is 10.2 Å². The number of nitro benzene ring substituents is 2. The van der Waals surface area contributed by atoms with Crippen molar-refractivity contribution in [3.05, 3.63) is 32.4 Å². The van der Waals surface area contributed by atoms with E-state index in [0.717, 1.165) is 6.07 Å². The van der Waals surface area contributed by atoms with E-state index in [-0.39, 0.29) is 26.4 Å². The monoisotopic (exact) mass is 568 g/mol. The van der Waals surface area contributed by atoms with Crippen LogP contribution in [0.1, 0.15) is 40.5 Å². The highest BCUT2D eigenvalue weighted by atomic mass is 16.6. The third-order valence-electron chi connectivity index (χ3n) is 4.39. The highest BCUT2D eigenvalue weighted by Crippen LogP contribution is 2.36. The van der Waals surface area contributed by atoms with Crippen LogP contribution < -0.4 is 10.9 Å². The first-order valence-corrected chi connectivity index (χ1v) is 11.8. The minimum atomic E-state index is -1.02. The summed E-state index contributed by atoms with van der Waals surface area (Å²) in [4.78, 5) is 69.5. The van der Waals surface area contributed by atoms with E-state index in [0.29, 0.717) is 6.07 Å². The maximum Gasteiger partial charge on any atom is 0.355 e. The molecule has 2 N–H and O–H groups in total. The van der Waals surface area contributed by atoms with Gasteiger partial charge in [-0.25, -0.2) is 9.59 Å². The molecule has 0 unspecified atom stereocenters. The van der Waals surface area contributed by atoms with Crippen LogP contribution in [0.3, 0.4) is 0 Å². The zero-order valence-electron chi connectivity index (χ0n) is 22.1. The van der Waals surface area contributed by atoms with Gasteiger partial charge in [-0.3, -0.25) is 40.7 Å². The van der Waals surface area contributed by atoms with E-state index >= 15 is 0 Å². The molecule has 1 rings (SSSR count). The number of benzene rings is 1. The van der Waals surface area contributed by atoms with Crippen molar-refractivity contribution in [2.75, 3.05) is 37.3 Å². The van der Waals surface area contributed by atoms with E-state index < -0.39 is 80.7 Å². The van der Waals surface area contributed by atoms with Gasteiger partial charge in [0, 0.05) is 6.07 Å². The van der Waals surface area contributed by atoms with Crippen LogP contribution >= 0.6 is 0 Å².